The van der Waals surface area contributed by atoms with E-state index in [4.69, 9.17) is 27.9 Å². The van der Waals surface area contributed by atoms with Gasteiger partial charge in [0.25, 0.3) is 0 Å². The summed E-state index contributed by atoms with van der Waals surface area (Å²) >= 11 is 12.6. The van der Waals surface area contributed by atoms with E-state index in [0.717, 1.165) is 32.6 Å². The van der Waals surface area contributed by atoms with Crippen molar-refractivity contribution in [1.29, 1.82) is 0 Å². The molecule has 11 heteroatoms. The summed E-state index contributed by atoms with van der Waals surface area (Å²) < 4.78 is 19.2. The van der Waals surface area contributed by atoms with Crippen molar-refractivity contribution in [2.24, 2.45) is 11.8 Å². The van der Waals surface area contributed by atoms with Crippen LogP contribution in [0.2, 0.25) is 10.2 Å². The molecular formula is C20H23Cl2FN6O2. The second-order valence-electron chi connectivity index (χ2n) is 7.65. The van der Waals surface area contributed by atoms with Crippen molar-refractivity contribution in [3.05, 3.63) is 28.6 Å². The molecule has 2 aromatic heterocycles. The molecule has 0 saturated carbocycles. The van der Waals surface area contributed by atoms with Gasteiger partial charge in [0.1, 0.15) is 23.5 Å². The molecule has 2 saturated heterocycles. The number of halogens is 3. The smallest absolute Gasteiger partial charge is 0.232 e. The molecule has 0 unspecified atom stereocenters. The van der Waals surface area contributed by atoms with E-state index in [-0.39, 0.29) is 24.1 Å². The summed E-state index contributed by atoms with van der Waals surface area (Å²) in [6.07, 6.45) is 3.72. The topological polar surface area (TPSA) is 101 Å². The molecule has 0 spiro atoms. The van der Waals surface area contributed by atoms with E-state index in [1.54, 1.807) is 12.3 Å². The molecule has 1 amide bonds. The van der Waals surface area contributed by atoms with Gasteiger partial charge in [-0.2, -0.15) is 0 Å². The zero-order valence-electron chi connectivity index (χ0n) is 16.7. The molecule has 0 bridgehead atoms. The number of carbonyl (C=O) groups excluding carboxylic acids is 1. The summed E-state index contributed by atoms with van der Waals surface area (Å²) in [6.45, 7) is 2.74. The fourth-order valence-corrected chi connectivity index (χ4v) is 4.03. The van der Waals surface area contributed by atoms with E-state index in [9.17, 15) is 9.18 Å². The van der Waals surface area contributed by atoms with Crippen molar-refractivity contribution in [2.75, 3.05) is 43.5 Å². The molecule has 8 nitrogen and oxygen atoms in total. The Bertz CT molecular complexity index is 944. The lowest BCUT2D eigenvalue weighted by Gasteiger charge is -2.22. The van der Waals surface area contributed by atoms with Gasteiger partial charge in [0.2, 0.25) is 5.91 Å². The standard InChI is InChI=1S/C20H23Cl2FN6O2/c21-14-8-26-16(29-20(30)13-7-24-9-15(13)23)5-12(14)18-19(22)27-10-17(28-18)25-6-11-1-3-31-4-2-11/h5,8,10-11,13,15,24H,1-4,6-7,9H2,(H,25,28)(H,26,29,30)/t13-,15+/m0/s1. The Labute approximate surface area is 189 Å². The third-order valence-corrected chi connectivity index (χ3v) is 6.06. The fourth-order valence-electron chi connectivity index (χ4n) is 3.64. The van der Waals surface area contributed by atoms with Crippen LogP contribution in [0.25, 0.3) is 11.3 Å². The number of carbonyl (C=O) groups is 1. The Morgan fingerprint density at radius 3 is 2.74 bits per heavy atom. The molecule has 0 radical (unpaired) electrons. The van der Waals surface area contributed by atoms with E-state index >= 15 is 0 Å². The Morgan fingerprint density at radius 1 is 1.19 bits per heavy atom. The molecule has 0 aromatic carbocycles. The quantitative estimate of drug-likeness (QED) is 0.598. The van der Waals surface area contributed by atoms with Crippen LogP contribution in [-0.4, -0.2) is 59.9 Å². The van der Waals surface area contributed by atoms with Gasteiger partial charge in [0, 0.05) is 44.6 Å². The van der Waals surface area contributed by atoms with Gasteiger partial charge >= 0.3 is 0 Å². The van der Waals surface area contributed by atoms with Gasteiger partial charge in [-0.3, -0.25) is 4.79 Å². The summed E-state index contributed by atoms with van der Waals surface area (Å²) in [4.78, 5) is 25.3. The van der Waals surface area contributed by atoms with Gasteiger partial charge in [-0.25, -0.2) is 19.3 Å². The van der Waals surface area contributed by atoms with Crippen molar-refractivity contribution < 1.29 is 13.9 Å². The highest BCUT2D eigenvalue weighted by Gasteiger charge is 2.33. The van der Waals surface area contributed by atoms with Gasteiger partial charge in [0.05, 0.1) is 17.1 Å². The van der Waals surface area contributed by atoms with E-state index in [1.807, 2.05) is 0 Å². The van der Waals surface area contributed by atoms with Crippen LogP contribution in [-0.2, 0) is 9.53 Å². The SMILES string of the molecule is O=C(Nc1cc(-c2nc(NCC3CCOCC3)cnc2Cl)c(Cl)cn1)[C@H]1CNC[C@H]1F. The highest BCUT2D eigenvalue weighted by atomic mass is 35.5. The van der Waals surface area contributed by atoms with E-state index in [0.29, 0.717) is 28.0 Å². The van der Waals surface area contributed by atoms with Gasteiger partial charge in [-0.05, 0) is 24.8 Å². The molecule has 4 heterocycles. The molecule has 2 fully saturated rings. The number of alkyl halides is 1. The fraction of sp³-hybridized carbons (Fsp3) is 0.500. The molecular weight excluding hydrogens is 446 g/mol. The van der Waals surface area contributed by atoms with Crippen molar-refractivity contribution in [3.63, 3.8) is 0 Å². The van der Waals surface area contributed by atoms with Crippen molar-refractivity contribution in [3.8, 4) is 11.3 Å². The zero-order chi connectivity index (χ0) is 21.8. The van der Waals surface area contributed by atoms with Crippen molar-refractivity contribution in [1.82, 2.24) is 20.3 Å². The number of aromatic nitrogens is 3. The molecule has 0 aliphatic carbocycles. The largest absolute Gasteiger partial charge is 0.381 e. The number of nitrogens with zero attached hydrogens (tertiary/aromatic N) is 3. The van der Waals surface area contributed by atoms with Crippen LogP contribution in [0.3, 0.4) is 0 Å². The minimum absolute atomic E-state index is 0.163. The van der Waals surface area contributed by atoms with Gasteiger partial charge in [0.15, 0.2) is 5.15 Å². The lowest BCUT2D eigenvalue weighted by Crippen LogP contribution is -2.30. The first-order valence-electron chi connectivity index (χ1n) is 10.2. The first-order chi connectivity index (χ1) is 15.0. The van der Waals surface area contributed by atoms with Crippen LogP contribution in [0.1, 0.15) is 12.8 Å². The highest BCUT2D eigenvalue weighted by molar-refractivity contribution is 6.35. The van der Waals surface area contributed by atoms with Crippen LogP contribution < -0.4 is 16.0 Å². The molecule has 4 rings (SSSR count). The molecule has 2 aromatic rings. The average molecular weight is 469 g/mol. The summed E-state index contributed by atoms with van der Waals surface area (Å²) in [5, 5.41) is 9.28. The summed E-state index contributed by atoms with van der Waals surface area (Å²) in [6, 6.07) is 1.56. The molecule has 2 atom stereocenters. The van der Waals surface area contributed by atoms with Crippen molar-refractivity contribution >= 4 is 40.7 Å². The predicted molar refractivity (Wildman–Crippen MR) is 117 cm³/mol. The minimum Gasteiger partial charge on any atom is -0.381 e. The molecule has 2 aliphatic rings. The second kappa shape index (κ2) is 10.0. The molecule has 31 heavy (non-hydrogen) atoms. The maximum Gasteiger partial charge on any atom is 0.232 e. The number of hydrogen-bond acceptors (Lipinski definition) is 7. The number of anilines is 2. The van der Waals surface area contributed by atoms with Gasteiger partial charge in [-0.15, -0.1) is 0 Å². The number of ether oxygens (including phenoxy) is 1. The van der Waals surface area contributed by atoms with Crippen LogP contribution in [0, 0.1) is 11.8 Å². The van der Waals surface area contributed by atoms with E-state index < -0.39 is 18.0 Å². The zero-order valence-corrected chi connectivity index (χ0v) is 18.2. The monoisotopic (exact) mass is 468 g/mol. The van der Waals surface area contributed by atoms with Crippen LogP contribution in [0.4, 0.5) is 16.0 Å². The maximum absolute atomic E-state index is 13.8. The number of amides is 1. The predicted octanol–water partition coefficient (Wildman–Crippen LogP) is 3.18. The summed E-state index contributed by atoms with van der Waals surface area (Å²) in [5.41, 5.74) is 0.841. The van der Waals surface area contributed by atoms with Gasteiger partial charge in [-0.1, -0.05) is 23.2 Å². The summed E-state index contributed by atoms with van der Waals surface area (Å²) in [7, 11) is 0. The molecule has 3 N–H and O–H groups in total. The highest BCUT2D eigenvalue weighted by Crippen LogP contribution is 2.33. The number of rotatable bonds is 6. The number of hydrogen-bond donors (Lipinski definition) is 3. The second-order valence-corrected chi connectivity index (χ2v) is 8.42. The first-order valence-corrected chi connectivity index (χ1v) is 10.9. The number of nitrogens with one attached hydrogen (secondary N) is 3. The van der Waals surface area contributed by atoms with Crippen LogP contribution in [0.5, 0.6) is 0 Å². The Balaban J connectivity index is 1.51. The maximum atomic E-state index is 13.8. The minimum atomic E-state index is -1.23. The molecule has 2 aliphatic heterocycles. The van der Waals surface area contributed by atoms with Crippen LogP contribution in [0.15, 0.2) is 18.5 Å². The van der Waals surface area contributed by atoms with E-state index in [2.05, 4.69) is 30.9 Å². The number of pyridine rings is 1. The lowest BCUT2D eigenvalue weighted by molar-refractivity contribution is -0.120. The van der Waals surface area contributed by atoms with Crippen LogP contribution >= 0.6 is 23.2 Å². The third-order valence-electron chi connectivity index (χ3n) is 5.48. The third kappa shape index (κ3) is 5.41. The Hall–Kier alpha value is -2.07. The Morgan fingerprint density at radius 2 is 2.00 bits per heavy atom. The van der Waals surface area contributed by atoms with Crippen molar-refractivity contribution in [2.45, 2.75) is 19.0 Å². The normalized spacial score (nSPS) is 21.8. The van der Waals surface area contributed by atoms with E-state index in [1.165, 1.54) is 6.20 Å². The lowest BCUT2D eigenvalue weighted by atomic mass is 10.0. The average Bonchev–Trinajstić information content (AvgIpc) is 3.21. The Kier molecular flexibility index (Phi) is 7.16. The summed E-state index contributed by atoms with van der Waals surface area (Å²) in [5.74, 6) is 0.110. The first kappa shape index (κ1) is 22.1. The van der Waals surface area contributed by atoms with Gasteiger partial charge < -0.3 is 20.7 Å². The molecule has 166 valence electrons.